The van der Waals surface area contributed by atoms with Crippen LogP contribution in [0.1, 0.15) is 13.3 Å². The van der Waals surface area contributed by atoms with E-state index in [1.54, 1.807) is 24.3 Å². The Hall–Kier alpha value is -1.000. The summed E-state index contributed by atoms with van der Waals surface area (Å²) in [5, 5.41) is 6.38. The summed E-state index contributed by atoms with van der Waals surface area (Å²) in [4.78, 5) is 12.1. The van der Waals surface area contributed by atoms with Gasteiger partial charge in [0.2, 0.25) is 0 Å². The van der Waals surface area contributed by atoms with Gasteiger partial charge in [0.05, 0.1) is 11.6 Å². The Morgan fingerprint density at radius 3 is 2.65 bits per heavy atom. The molecule has 1 aromatic rings. The largest absolute Gasteiger partial charge is 0.272 e. The maximum Gasteiger partial charge on any atom is 0.256 e. The van der Waals surface area contributed by atoms with Crippen molar-refractivity contribution < 1.29 is 4.79 Å². The maximum atomic E-state index is 12.1. The predicted octanol–water partition coefficient (Wildman–Crippen LogP) is 3.00. The van der Waals surface area contributed by atoms with Crippen LogP contribution in [0, 0.1) is 5.92 Å². The number of hydrazone groups is 1. The van der Waals surface area contributed by atoms with Crippen LogP contribution in [0.2, 0.25) is 5.02 Å². The van der Waals surface area contributed by atoms with Gasteiger partial charge >= 0.3 is 0 Å². The molecule has 0 aromatic heterocycles. The standard InChI is InChI=1S/C12H13ClN2OS/c1-8-11(6-7-17)12(16)15(14-8)10-4-2-9(13)3-5-10/h2-5,11,17H,6-7H2,1H3. The fraction of sp³-hybridized carbons (Fsp3) is 0.333. The number of nitrogens with zero attached hydrogens (tertiary/aromatic N) is 2. The summed E-state index contributed by atoms with van der Waals surface area (Å²) in [6.07, 6.45) is 0.724. The van der Waals surface area contributed by atoms with Crippen LogP contribution in [0.25, 0.3) is 0 Å². The molecule has 1 aliphatic rings. The average molecular weight is 269 g/mol. The number of benzene rings is 1. The fourth-order valence-corrected chi connectivity index (χ4v) is 2.22. The molecule has 0 saturated carbocycles. The lowest BCUT2D eigenvalue weighted by Crippen LogP contribution is -2.27. The molecule has 1 unspecified atom stereocenters. The summed E-state index contributed by atoms with van der Waals surface area (Å²) >= 11 is 9.98. The van der Waals surface area contributed by atoms with Crippen LogP contribution in [-0.4, -0.2) is 17.4 Å². The first-order valence-electron chi connectivity index (χ1n) is 5.39. The van der Waals surface area contributed by atoms with Crippen molar-refractivity contribution in [3.05, 3.63) is 29.3 Å². The van der Waals surface area contributed by atoms with Gasteiger partial charge in [-0.25, -0.2) is 5.01 Å². The summed E-state index contributed by atoms with van der Waals surface area (Å²) in [7, 11) is 0. The molecule has 0 spiro atoms. The quantitative estimate of drug-likeness (QED) is 0.840. The zero-order valence-corrected chi connectivity index (χ0v) is 11.1. The molecule has 2 rings (SSSR count). The van der Waals surface area contributed by atoms with E-state index < -0.39 is 0 Å². The lowest BCUT2D eigenvalue weighted by Gasteiger charge is -2.13. The third-order valence-electron chi connectivity index (χ3n) is 2.76. The van der Waals surface area contributed by atoms with Crippen LogP contribution in [0.15, 0.2) is 29.4 Å². The summed E-state index contributed by atoms with van der Waals surface area (Å²) in [5.74, 6) is 0.555. The molecule has 0 N–H and O–H groups in total. The Bertz CT molecular complexity index is 458. The van der Waals surface area contributed by atoms with Crippen LogP contribution in [0.3, 0.4) is 0 Å². The minimum Gasteiger partial charge on any atom is -0.272 e. The Morgan fingerprint density at radius 1 is 1.41 bits per heavy atom. The smallest absolute Gasteiger partial charge is 0.256 e. The van der Waals surface area contributed by atoms with Gasteiger partial charge in [-0.3, -0.25) is 4.79 Å². The first-order chi connectivity index (χ1) is 8.13. The summed E-state index contributed by atoms with van der Waals surface area (Å²) < 4.78 is 0. The Kier molecular flexibility index (Phi) is 3.74. The van der Waals surface area contributed by atoms with Gasteiger partial charge < -0.3 is 0 Å². The lowest BCUT2D eigenvalue weighted by atomic mass is 10.0. The van der Waals surface area contributed by atoms with E-state index in [0.29, 0.717) is 10.8 Å². The minimum absolute atomic E-state index is 0.0128. The second kappa shape index (κ2) is 5.10. The molecular formula is C12H13ClN2OS. The third kappa shape index (κ3) is 2.48. The molecule has 5 heteroatoms. The van der Waals surface area contributed by atoms with E-state index in [0.717, 1.165) is 17.8 Å². The number of hydrogen-bond donors (Lipinski definition) is 1. The predicted molar refractivity (Wildman–Crippen MR) is 74.0 cm³/mol. The van der Waals surface area contributed by atoms with Crippen LogP contribution in [0.5, 0.6) is 0 Å². The van der Waals surface area contributed by atoms with E-state index >= 15 is 0 Å². The van der Waals surface area contributed by atoms with Gasteiger partial charge in [0.15, 0.2) is 0 Å². The highest BCUT2D eigenvalue weighted by atomic mass is 35.5. The van der Waals surface area contributed by atoms with Crippen molar-refractivity contribution in [1.29, 1.82) is 0 Å². The molecule has 0 fully saturated rings. The van der Waals surface area contributed by atoms with Gasteiger partial charge in [0.25, 0.3) is 5.91 Å². The minimum atomic E-state index is -0.136. The molecule has 3 nitrogen and oxygen atoms in total. The van der Waals surface area contributed by atoms with Gasteiger partial charge in [-0.2, -0.15) is 17.7 Å². The molecule has 0 radical (unpaired) electrons. The molecule has 0 aliphatic carbocycles. The zero-order chi connectivity index (χ0) is 12.4. The third-order valence-corrected chi connectivity index (χ3v) is 3.27. The molecule has 0 saturated heterocycles. The Balaban J connectivity index is 2.24. The number of anilines is 1. The highest BCUT2D eigenvalue weighted by Gasteiger charge is 2.33. The number of carbonyl (C=O) groups excluding carboxylic acids is 1. The molecule has 17 heavy (non-hydrogen) atoms. The molecule has 1 heterocycles. The van der Waals surface area contributed by atoms with Crippen LogP contribution in [-0.2, 0) is 4.79 Å². The molecule has 0 bridgehead atoms. The molecule has 1 atom stereocenters. The molecule has 1 aliphatic heterocycles. The van der Waals surface area contributed by atoms with Crippen LogP contribution >= 0.6 is 24.2 Å². The number of amides is 1. The summed E-state index contributed by atoms with van der Waals surface area (Å²) in [6, 6.07) is 7.09. The number of thiol groups is 1. The van der Waals surface area contributed by atoms with E-state index in [9.17, 15) is 4.79 Å². The van der Waals surface area contributed by atoms with Crippen molar-refractivity contribution in [2.24, 2.45) is 11.0 Å². The monoisotopic (exact) mass is 268 g/mol. The Morgan fingerprint density at radius 2 is 2.06 bits per heavy atom. The van der Waals surface area contributed by atoms with Crippen molar-refractivity contribution in [1.82, 2.24) is 0 Å². The van der Waals surface area contributed by atoms with E-state index in [1.807, 2.05) is 6.92 Å². The summed E-state index contributed by atoms with van der Waals surface area (Å²) in [5.41, 5.74) is 1.60. The van der Waals surface area contributed by atoms with E-state index in [-0.39, 0.29) is 11.8 Å². The van der Waals surface area contributed by atoms with Gasteiger partial charge in [-0.05, 0) is 43.4 Å². The normalized spacial score (nSPS) is 19.7. The molecule has 90 valence electrons. The number of rotatable bonds is 3. The number of hydrogen-bond acceptors (Lipinski definition) is 3. The SMILES string of the molecule is CC1=NN(c2ccc(Cl)cc2)C(=O)C1CCS. The molecular weight excluding hydrogens is 256 g/mol. The highest BCUT2D eigenvalue weighted by molar-refractivity contribution is 7.80. The van der Waals surface area contributed by atoms with Crippen molar-refractivity contribution in [3.63, 3.8) is 0 Å². The number of halogens is 1. The topological polar surface area (TPSA) is 32.7 Å². The zero-order valence-electron chi connectivity index (χ0n) is 9.43. The first-order valence-corrected chi connectivity index (χ1v) is 6.40. The van der Waals surface area contributed by atoms with Gasteiger partial charge in [0.1, 0.15) is 0 Å². The average Bonchev–Trinajstić information content (AvgIpc) is 2.59. The van der Waals surface area contributed by atoms with E-state index in [1.165, 1.54) is 5.01 Å². The molecule has 1 amide bonds. The van der Waals surface area contributed by atoms with E-state index in [4.69, 9.17) is 11.6 Å². The van der Waals surface area contributed by atoms with Crippen LogP contribution in [0.4, 0.5) is 5.69 Å². The fourth-order valence-electron chi connectivity index (χ4n) is 1.83. The second-order valence-electron chi connectivity index (χ2n) is 3.93. The van der Waals surface area contributed by atoms with Gasteiger partial charge in [-0.15, -0.1) is 0 Å². The van der Waals surface area contributed by atoms with Crippen molar-refractivity contribution in [2.45, 2.75) is 13.3 Å². The summed E-state index contributed by atoms with van der Waals surface area (Å²) in [6.45, 7) is 1.88. The second-order valence-corrected chi connectivity index (χ2v) is 4.82. The van der Waals surface area contributed by atoms with Crippen molar-refractivity contribution in [3.8, 4) is 0 Å². The van der Waals surface area contributed by atoms with Gasteiger partial charge in [-0.1, -0.05) is 11.6 Å². The van der Waals surface area contributed by atoms with E-state index in [2.05, 4.69) is 17.7 Å². The van der Waals surface area contributed by atoms with Crippen molar-refractivity contribution >= 4 is 41.5 Å². The first kappa shape index (κ1) is 12.5. The number of carbonyl (C=O) groups is 1. The van der Waals surface area contributed by atoms with Crippen LogP contribution < -0.4 is 5.01 Å². The van der Waals surface area contributed by atoms with Crippen molar-refractivity contribution in [2.75, 3.05) is 10.8 Å². The van der Waals surface area contributed by atoms with Gasteiger partial charge in [0, 0.05) is 10.7 Å². The Labute approximate surface area is 111 Å². The molecule has 1 aromatic carbocycles. The highest BCUT2D eigenvalue weighted by Crippen LogP contribution is 2.26. The lowest BCUT2D eigenvalue weighted by molar-refractivity contribution is -0.119. The maximum absolute atomic E-state index is 12.1.